The van der Waals surface area contributed by atoms with Crippen molar-refractivity contribution >= 4 is 23.6 Å². The molecule has 230 valence electrons. The summed E-state index contributed by atoms with van der Waals surface area (Å²) < 4.78 is 38.9. The molecule has 0 aliphatic carbocycles. The third kappa shape index (κ3) is 9.86. The van der Waals surface area contributed by atoms with E-state index in [9.17, 15) is 22.8 Å². The maximum Gasteiger partial charge on any atom is 0.416 e. The Morgan fingerprint density at radius 3 is 2.33 bits per heavy atom. The maximum atomic E-state index is 13.1. The van der Waals surface area contributed by atoms with Crippen LogP contribution in [0.15, 0.2) is 77.7 Å². The number of aryl methyl sites for hydroxylation is 1. The van der Waals surface area contributed by atoms with Gasteiger partial charge in [-0.15, -0.1) is 11.8 Å². The largest absolute Gasteiger partial charge is 0.416 e. The molecule has 1 heterocycles. The van der Waals surface area contributed by atoms with Crippen molar-refractivity contribution in [1.29, 1.82) is 0 Å². The lowest BCUT2D eigenvalue weighted by molar-refractivity contribution is -0.137. The van der Waals surface area contributed by atoms with Crippen molar-refractivity contribution in [3.05, 3.63) is 89.5 Å². The average molecular weight is 612 g/mol. The fraction of sp³-hybridized carbons (Fsp3) is 0.412. The zero-order chi connectivity index (χ0) is 30.7. The molecule has 0 aromatic heterocycles. The molecule has 5 nitrogen and oxygen atoms in total. The van der Waals surface area contributed by atoms with Gasteiger partial charge >= 0.3 is 6.18 Å². The number of carbonyl (C=O) groups is 2. The number of hydrogen-bond donors (Lipinski definition) is 2. The first-order chi connectivity index (χ1) is 20.7. The lowest BCUT2D eigenvalue weighted by Gasteiger charge is -2.32. The van der Waals surface area contributed by atoms with E-state index in [1.54, 1.807) is 36.0 Å². The number of thioether (sulfide) groups is 1. The van der Waals surface area contributed by atoms with E-state index < -0.39 is 11.7 Å². The molecule has 43 heavy (non-hydrogen) atoms. The molecular formula is C34H40F3N3O2S. The second kappa shape index (κ2) is 16.0. The number of nitrogens with zero attached hydrogens (tertiary/aromatic N) is 1. The molecule has 9 heteroatoms. The number of halogens is 3. The quantitative estimate of drug-likeness (QED) is 0.158. The van der Waals surface area contributed by atoms with Crippen LogP contribution in [0.5, 0.6) is 0 Å². The highest BCUT2D eigenvalue weighted by Crippen LogP contribution is 2.32. The summed E-state index contributed by atoms with van der Waals surface area (Å²) in [5.41, 5.74) is 2.22. The van der Waals surface area contributed by atoms with E-state index in [4.69, 9.17) is 0 Å². The zero-order valence-electron chi connectivity index (χ0n) is 24.6. The Hall–Kier alpha value is -3.30. The van der Waals surface area contributed by atoms with E-state index in [1.807, 2.05) is 12.1 Å². The lowest BCUT2D eigenvalue weighted by atomic mass is 9.97. The molecule has 2 amide bonds. The second-order valence-corrected chi connectivity index (χ2v) is 11.8. The Balaban J connectivity index is 1.12. The Bertz CT molecular complexity index is 1340. The van der Waals surface area contributed by atoms with Crippen LogP contribution in [0.4, 0.5) is 13.2 Å². The van der Waals surface area contributed by atoms with Gasteiger partial charge in [0.15, 0.2) is 0 Å². The number of amides is 2. The molecule has 3 aromatic rings. The minimum atomic E-state index is -4.40. The highest BCUT2D eigenvalue weighted by atomic mass is 32.2. The Morgan fingerprint density at radius 1 is 0.907 bits per heavy atom. The average Bonchev–Trinajstić information content (AvgIpc) is 3.01. The van der Waals surface area contributed by atoms with Gasteiger partial charge in [0.05, 0.1) is 5.56 Å². The van der Waals surface area contributed by atoms with Crippen LogP contribution >= 0.6 is 11.8 Å². The van der Waals surface area contributed by atoms with E-state index in [-0.39, 0.29) is 17.9 Å². The summed E-state index contributed by atoms with van der Waals surface area (Å²) in [7, 11) is 0. The Kier molecular flexibility index (Phi) is 12.1. The van der Waals surface area contributed by atoms with Gasteiger partial charge in [-0.2, -0.15) is 13.2 Å². The molecule has 1 aliphatic heterocycles. The standard InChI is InChI=1S/C34H40F3N3O2S/c1-43-31-13-5-2-9-26(31)10-8-14-32(41)38-21-6-7-22-40-23-19-28(20-24-40)39-33(42)30-12-4-3-11-29(30)25-15-17-27(18-16-25)34(35,36)37/h2-5,9,11-13,15-18,28H,6-8,10,14,19-24H2,1H3,(H,38,41)(H,39,42). The monoisotopic (exact) mass is 611 g/mol. The van der Waals surface area contributed by atoms with E-state index >= 15 is 0 Å². The first-order valence-corrected chi connectivity index (χ1v) is 16.2. The van der Waals surface area contributed by atoms with Gasteiger partial charge in [-0.25, -0.2) is 0 Å². The Morgan fingerprint density at radius 2 is 1.60 bits per heavy atom. The fourth-order valence-corrected chi connectivity index (χ4v) is 6.11. The molecule has 0 bridgehead atoms. The van der Waals surface area contributed by atoms with Crippen molar-refractivity contribution in [3.63, 3.8) is 0 Å². The molecule has 1 aliphatic rings. The summed E-state index contributed by atoms with van der Waals surface area (Å²) in [5, 5.41) is 6.17. The third-order valence-corrected chi connectivity index (χ3v) is 8.72. The summed E-state index contributed by atoms with van der Waals surface area (Å²) in [6.07, 6.45) is 3.57. The maximum absolute atomic E-state index is 13.1. The smallest absolute Gasteiger partial charge is 0.356 e. The van der Waals surface area contributed by atoms with Crippen LogP contribution < -0.4 is 10.6 Å². The van der Waals surface area contributed by atoms with Gasteiger partial charge in [-0.3, -0.25) is 9.59 Å². The van der Waals surface area contributed by atoms with Crippen LogP contribution in [0.2, 0.25) is 0 Å². The van der Waals surface area contributed by atoms with Gasteiger partial charge in [-0.05, 0) is 92.3 Å². The molecule has 4 rings (SSSR count). The molecule has 0 saturated carbocycles. The van der Waals surface area contributed by atoms with Gasteiger partial charge in [-0.1, -0.05) is 48.5 Å². The van der Waals surface area contributed by atoms with Crippen LogP contribution in [0.25, 0.3) is 11.1 Å². The first-order valence-electron chi connectivity index (χ1n) is 14.9. The predicted octanol–water partition coefficient (Wildman–Crippen LogP) is 7.21. The van der Waals surface area contributed by atoms with E-state index in [0.717, 1.165) is 70.3 Å². The number of piperidine rings is 1. The lowest BCUT2D eigenvalue weighted by Crippen LogP contribution is -2.45. The third-order valence-electron chi connectivity index (χ3n) is 7.88. The molecule has 3 aromatic carbocycles. The SMILES string of the molecule is CSc1ccccc1CCCC(=O)NCCCCN1CCC(NC(=O)c2ccccc2-c2ccc(C(F)(F)F)cc2)CC1. The molecular weight excluding hydrogens is 571 g/mol. The molecule has 0 spiro atoms. The highest BCUT2D eigenvalue weighted by molar-refractivity contribution is 7.98. The van der Waals surface area contributed by atoms with E-state index in [2.05, 4.69) is 33.9 Å². The van der Waals surface area contributed by atoms with Gasteiger partial charge in [0.1, 0.15) is 0 Å². The number of unbranched alkanes of at least 4 members (excludes halogenated alkanes) is 1. The van der Waals surface area contributed by atoms with Crippen LogP contribution in [-0.4, -0.2) is 55.2 Å². The topological polar surface area (TPSA) is 61.4 Å². The van der Waals surface area contributed by atoms with Crippen molar-refractivity contribution in [2.45, 2.75) is 62.1 Å². The van der Waals surface area contributed by atoms with Crippen LogP contribution in [0.1, 0.15) is 60.0 Å². The summed E-state index contributed by atoms with van der Waals surface area (Å²) >= 11 is 1.74. The summed E-state index contributed by atoms with van der Waals surface area (Å²) in [5.74, 6) is -0.101. The summed E-state index contributed by atoms with van der Waals surface area (Å²) in [6, 6.07) is 20.3. The van der Waals surface area contributed by atoms with Crippen molar-refractivity contribution in [3.8, 4) is 11.1 Å². The first kappa shape index (κ1) is 32.6. The van der Waals surface area contributed by atoms with Gasteiger partial charge in [0.2, 0.25) is 5.91 Å². The molecule has 1 fully saturated rings. The normalized spacial score (nSPS) is 14.4. The van der Waals surface area contributed by atoms with Crippen molar-refractivity contribution < 1.29 is 22.8 Å². The molecule has 0 atom stereocenters. The second-order valence-electron chi connectivity index (χ2n) is 10.9. The minimum Gasteiger partial charge on any atom is -0.356 e. The van der Waals surface area contributed by atoms with Gasteiger partial charge in [0.25, 0.3) is 5.91 Å². The summed E-state index contributed by atoms with van der Waals surface area (Å²) in [4.78, 5) is 29.0. The number of carbonyl (C=O) groups excluding carboxylic acids is 2. The predicted molar refractivity (Wildman–Crippen MR) is 167 cm³/mol. The number of likely N-dealkylation sites (tertiary alicyclic amines) is 1. The number of rotatable bonds is 13. The van der Waals surface area contributed by atoms with Crippen molar-refractivity contribution in [2.24, 2.45) is 0 Å². The minimum absolute atomic E-state index is 0.0478. The number of alkyl halides is 3. The molecule has 1 saturated heterocycles. The Labute approximate surface area is 256 Å². The zero-order valence-corrected chi connectivity index (χ0v) is 25.4. The molecule has 2 N–H and O–H groups in total. The van der Waals surface area contributed by atoms with E-state index in [0.29, 0.717) is 29.7 Å². The number of benzene rings is 3. The van der Waals surface area contributed by atoms with Crippen LogP contribution in [0, 0.1) is 0 Å². The van der Waals surface area contributed by atoms with Crippen molar-refractivity contribution in [2.75, 3.05) is 32.4 Å². The molecule has 0 radical (unpaired) electrons. The number of nitrogens with one attached hydrogen (secondary N) is 2. The van der Waals surface area contributed by atoms with Gasteiger partial charge in [0, 0.05) is 42.6 Å². The van der Waals surface area contributed by atoms with Gasteiger partial charge < -0.3 is 15.5 Å². The fourth-order valence-electron chi connectivity index (χ4n) is 5.46. The number of hydrogen-bond acceptors (Lipinski definition) is 4. The molecule has 0 unspecified atom stereocenters. The highest BCUT2D eigenvalue weighted by Gasteiger charge is 2.30. The van der Waals surface area contributed by atoms with Crippen LogP contribution in [0.3, 0.4) is 0 Å². The van der Waals surface area contributed by atoms with E-state index in [1.165, 1.54) is 22.6 Å². The van der Waals surface area contributed by atoms with Crippen LogP contribution in [-0.2, 0) is 17.4 Å². The summed E-state index contributed by atoms with van der Waals surface area (Å²) in [6.45, 7) is 3.41. The van der Waals surface area contributed by atoms with Crippen molar-refractivity contribution in [1.82, 2.24) is 15.5 Å².